The smallest absolute Gasteiger partial charge is 0.272 e. The summed E-state index contributed by atoms with van der Waals surface area (Å²) in [5, 5.41) is 13.5. The zero-order chi connectivity index (χ0) is 15.2. The maximum absolute atomic E-state index is 11.7. The molecule has 108 valence electrons. The zero-order valence-electron chi connectivity index (χ0n) is 11.1. The van der Waals surface area contributed by atoms with Gasteiger partial charge in [-0.25, -0.2) is 5.43 Å². The molecule has 1 amide bonds. The van der Waals surface area contributed by atoms with Gasteiger partial charge < -0.3 is 9.84 Å². The van der Waals surface area contributed by atoms with Crippen molar-refractivity contribution in [3.05, 3.63) is 52.3 Å². The summed E-state index contributed by atoms with van der Waals surface area (Å²) in [6.07, 6.45) is 4.44. The van der Waals surface area contributed by atoms with Gasteiger partial charge in [-0.2, -0.15) is 5.10 Å². The number of hydrazone groups is 1. The molecule has 0 saturated heterocycles. The molecule has 0 atom stereocenters. The molecule has 0 radical (unpaired) electrons. The molecule has 0 bridgehead atoms. The predicted molar refractivity (Wildman–Crippen MR) is 81.7 cm³/mol. The van der Waals surface area contributed by atoms with E-state index in [2.05, 4.69) is 31.4 Å². The van der Waals surface area contributed by atoms with Crippen LogP contribution in [0.5, 0.6) is 11.5 Å². The number of rotatable bonds is 4. The minimum Gasteiger partial charge on any atom is -0.504 e. The first-order valence-corrected chi connectivity index (χ1v) is 6.71. The number of aromatic nitrogens is 1. The summed E-state index contributed by atoms with van der Waals surface area (Å²) in [7, 11) is 1.46. The number of hydrogen-bond acceptors (Lipinski definition) is 5. The molecule has 6 nitrogen and oxygen atoms in total. The third-order valence-electron chi connectivity index (χ3n) is 2.59. The minimum atomic E-state index is -0.367. The van der Waals surface area contributed by atoms with E-state index in [1.54, 1.807) is 24.4 Å². The van der Waals surface area contributed by atoms with Crippen LogP contribution in [0, 0.1) is 0 Å². The number of halogens is 1. The highest BCUT2D eigenvalue weighted by atomic mass is 79.9. The largest absolute Gasteiger partial charge is 0.504 e. The van der Waals surface area contributed by atoms with E-state index in [-0.39, 0.29) is 11.7 Å². The van der Waals surface area contributed by atoms with Crippen molar-refractivity contribution in [3.63, 3.8) is 0 Å². The van der Waals surface area contributed by atoms with Crippen LogP contribution >= 0.6 is 15.9 Å². The normalized spacial score (nSPS) is 10.6. The number of nitrogens with zero attached hydrogens (tertiary/aromatic N) is 2. The van der Waals surface area contributed by atoms with Gasteiger partial charge in [0.2, 0.25) is 0 Å². The number of amides is 1. The number of hydrogen-bond donors (Lipinski definition) is 2. The van der Waals surface area contributed by atoms with E-state index in [1.807, 2.05) is 0 Å². The van der Waals surface area contributed by atoms with Crippen molar-refractivity contribution in [2.75, 3.05) is 7.11 Å². The Balaban J connectivity index is 2.08. The summed E-state index contributed by atoms with van der Waals surface area (Å²) in [5.74, 6) is -0.0348. The molecule has 0 aliphatic carbocycles. The van der Waals surface area contributed by atoms with E-state index in [4.69, 9.17) is 4.74 Å². The maximum Gasteiger partial charge on any atom is 0.272 e. The van der Waals surface area contributed by atoms with Gasteiger partial charge >= 0.3 is 0 Å². The Morgan fingerprint density at radius 2 is 2.33 bits per heavy atom. The Morgan fingerprint density at radius 3 is 3.00 bits per heavy atom. The monoisotopic (exact) mass is 349 g/mol. The minimum absolute atomic E-state index is 0.0132. The number of nitrogens with one attached hydrogen (secondary N) is 1. The summed E-state index contributed by atoms with van der Waals surface area (Å²) in [6, 6.07) is 6.38. The first kappa shape index (κ1) is 15.0. The van der Waals surface area contributed by atoms with Gasteiger partial charge in [-0.1, -0.05) is 0 Å². The second kappa shape index (κ2) is 6.85. The Kier molecular flexibility index (Phi) is 4.89. The van der Waals surface area contributed by atoms with Crippen molar-refractivity contribution in [2.24, 2.45) is 5.10 Å². The third-order valence-corrected chi connectivity index (χ3v) is 3.28. The van der Waals surface area contributed by atoms with Crippen LogP contribution in [-0.2, 0) is 0 Å². The molecule has 0 unspecified atom stereocenters. The van der Waals surface area contributed by atoms with Crippen molar-refractivity contribution in [2.45, 2.75) is 0 Å². The van der Waals surface area contributed by atoms with Gasteiger partial charge in [0.1, 0.15) is 0 Å². The summed E-state index contributed by atoms with van der Waals surface area (Å²) in [6.45, 7) is 0. The molecule has 2 aromatic rings. The molecular formula is C14H12BrN3O3. The lowest BCUT2D eigenvalue weighted by Crippen LogP contribution is -2.17. The van der Waals surface area contributed by atoms with Crippen molar-refractivity contribution in [3.8, 4) is 11.5 Å². The lowest BCUT2D eigenvalue weighted by molar-refractivity contribution is 0.0955. The second-order valence-corrected chi connectivity index (χ2v) is 4.84. The van der Waals surface area contributed by atoms with Crippen molar-refractivity contribution in [1.82, 2.24) is 10.4 Å². The number of methoxy groups -OCH3 is 1. The molecule has 1 aromatic heterocycles. The van der Waals surface area contributed by atoms with E-state index >= 15 is 0 Å². The summed E-state index contributed by atoms with van der Waals surface area (Å²) < 4.78 is 5.66. The molecule has 0 saturated carbocycles. The highest BCUT2D eigenvalue weighted by Crippen LogP contribution is 2.31. The molecule has 0 fully saturated rings. The molecule has 1 aromatic carbocycles. The van der Waals surface area contributed by atoms with E-state index < -0.39 is 0 Å². The first-order valence-electron chi connectivity index (χ1n) is 5.91. The second-order valence-electron chi connectivity index (χ2n) is 3.99. The van der Waals surface area contributed by atoms with Crippen LogP contribution in [0.2, 0.25) is 0 Å². The molecule has 0 spiro atoms. The highest BCUT2D eigenvalue weighted by molar-refractivity contribution is 9.10. The first-order chi connectivity index (χ1) is 10.1. The van der Waals surface area contributed by atoms with E-state index in [0.717, 1.165) is 0 Å². The fourth-order valence-corrected chi connectivity index (χ4v) is 1.97. The van der Waals surface area contributed by atoms with Gasteiger partial charge in [-0.3, -0.25) is 9.78 Å². The fraction of sp³-hybridized carbons (Fsp3) is 0.0714. The number of ether oxygens (including phenoxy) is 1. The Bertz CT molecular complexity index is 675. The van der Waals surface area contributed by atoms with Crippen LogP contribution in [0.4, 0.5) is 0 Å². The number of phenolic OH excluding ortho intramolecular Hbond substituents is 1. The topological polar surface area (TPSA) is 83.8 Å². The average molecular weight is 350 g/mol. The molecule has 0 aliphatic heterocycles. The standard InChI is InChI=1S/C14H12BrN3O3/c1-21-13-6-11(15)10(5-12(13)19)8-17-18-14(20)9-3-2-4-16-7-9/h2-8,19H,1H3,(H,18,20)/b17-8-. The number of carbonyl (C=O) groups excluding carboxylic acids is 1. The quantitative estimate of drug-likeness (QED) is 0.655. The molecule has 7 heteroatoms. The lowest BCUT2D eigenvalue weighted by Gasteiger charge is -2.06. The molecular weight excluding hydrogens is 338 g/mol. The molecule has 21 heavy (non-hydrogen) atoms. The molecule has 2 N–H and O–H groups in total. The van der Waals surface area contributed by atoms with Gasteiger partial charge in [0, 0.05) is 22.4 Å². The number of carbonyl (C=O) groups is 1. The number of pyridine rings is 1. The Hall–Kier alpha value is -2.41. The van der Waals surface area contributed by atoms with Crippen LogP contribution in [0.3, 0.4) is 0 Å². The van der Waals surface area contributed by atoms with Crippen LogP contribution in [0.15, 0.2) is 46.2 Å². The Labute approximate surface area is 129 Å². The van der Waals surface area contributed by atoms with Crippen LogP contribution in [0.25, 0.3) is 0 Å². The molecule has 2 rings (SSSR count). The summed E-state index contributed by atoms with van der Waals surface area (Å²) in [5.41, 5.74) is 3.39. The van der Waals surface area contributed by atoms with Crippen LogP contribution in [0.1, 0.15) is 15.9 Å². The summed E-state index contributed by atoms with van der Waals surface area (Å²) in [4.78, 5) is 15.6. The van der Waals surface area contributed by atoms with Crippen molar-refractivity contribution < 1.29 is 14.6 Å². The lowest BCUT2D eigenvalue weighted by atomic mass is 10.2. The average Bonchev–Trinajstić information content (AvgIpc) is 2.51. The SMILES string of the molecule is COc1cc(Br)c(/C=N\NC(=O)c2cccnc2)cc1O. The molecule has 1 heterocycles. The van der Waals surface area contributed by atoms with E-state index in [9.17, 15) is 9.90 Å². The zero-order valence-corrected chi connectivity index (χ0v) is 12.7. The Morgan fingerprint density at radius 1 is 1.52 bits per heavy atom. The van der Waals surface area contributed by atoms with E-state index in [1.165, 1.54) is 25.6 Å². The number of aromatic hydroxyl groups is 1. The van der Waals surface area contributed by atoms with Crippen LogP contribution < -0.4 is 10.2 Å². The van der Waals surface area contributed by atoms with Crippen molar-refractivity contribution in [1.29, 1.82) is 0 Å². The fourth-order valence-electron chi connectivity index (χ4n) is 1.54. The van der Waals surface area contributed by atoms with Gasteiger partial charge in [0.15, 0.2) is 11.5 Å². The predicted octanol–water partition coefficient (Wildman–Crippen LogP) is 2.32. The van der Waals surface area contributed by atoms with Gasteiger partial charge in [0.05, 0.1) is 18.9 Å². The van der Waals surface area contributed by atoms with Gasteiger partial charge in [-0.15, -0.1) is 0 Å². The third kappa shape index (κ3) is 3.79. The maximum atomic E-state index is 11.7. The van der Waals surface area contributed by atoms with Crippen LogP contribution in [-0.4, -0.2) is 29.3 Å². The summed E-state index contributed by atoms with van der Waals surface area (Å²) >= 11 is 3.33. The highest BCUT2D eigenvalue weighted by Gasteiger charge is 2.07. The number of phenols is 1. The number of benzene rings is 1. The van der Waals surface area contributed by atoms with Gasteiger partial charge in [0.25, 0.3) is 5.91 Å². The van der Waals surface area contributed by atoms with E-state index in [0.29, 0.717) is 21.3 Å². The molecule has 0 aliphatic rings. The van der Waals surface area contributed by atoms with Crippen molar-refractivity contribution >= 4 is 28.1 Å². The van der Waals surface area contributed by atoms with Gasteiger partial charge in [-0.05, 0) is 40.2 Å².